The predicted molar refractivity (Wildman–Crippen MR) is 95.0 cm³/mol. The Balaban J connectivity index is 1.69. The molecule has 0 aliphatic rings. The Morgan fingerprint density at radius 3 is 2.83 bits per heavy atom. The maximum absolute atomic E-state index is 12.1. The molecule has 0 bridgehead atoms. The minimum absolute atomic E-state index is 0.206. The van der Waals surface area contributed by atoms with Gasteiger partial charge < -0.3 is 4.74 Å². The van der Waals surface area contributed by atoms with Crippen LogP contribution in [0.5, 0.6) is 0 Å². The van der Waals surface area contributed by atoms with E-state index in [0.717, 1.165) is 11.3 Å². The zero-order chi connectivity index (χ0) is 16.9. The van der Waals surface area contributed by atoms with E-state index in [9.17, 15) is 4.79 Å². The number of hydrogen-bond donors (Lipinski definition) is 0. The minimum atomic E-state index is -0.254. The van der Waals surface area contributed by atoms with Crippen molar-refractivity contribution in [2.75, 3.05) is 7.11 Å². The fourth-order valence-electron chi connectivity index (χ4n) is 2.41. The third-order valence-electron chi connectivity index (χ3n) is 3.72. The summed E-state index contributed by atoms with van der Waals surface area (Å²) in [4.78, 5) is 20.8. The number of aryl methyl sites for hydroxylation is 1. The molecule has 1 aromatic carbocycles. The van der Waals surface area contributed by atoms with E-state index in [0.29, 0.717) is 18.0 Å². The van der Waals surface area contributed by atoms with Gasteiger partial charge in [-0.25, -0.2) is 9.97 Å². The van der Waals surface area contributed by atoms with E-state index in [-0.39, 0.29) is 11.2 Å². The molecule has 0 saturated carbocycles. The molecule has 2 heterocycles. The number of thioether (sulfide) groups is 1. The number of imidazole rings is 1. The van der Waals surface area contributed by atoms with Crippen LogP contribution in [0, 0.1) is 6.92 Å². The van der Waals surface area contributed by atoms with E-state index < -0.39 is 0 Å². The van der Waals surface area contributed by atoms with Crippen LogP contribution in [-0.2, 0) is 21.7 Å². The Bertz CT molecular complexity index is 797. The number of hydrogen-bond acceptors (Lipinski definition) is 5. The summed E-state index contributed by atoms with van der Waals surface area (Å²) in [6.07, 6.45) is 6.21. The van der Waals surface area contributed by atoms with Crippen molar-refractivity contribution in [2.45, 2.75) is 24.3 Å². The first-order valence-electron chi connectivity index (χ1n) is 7.69. The lowest BCUT2D eigenvalue weighted by atomic mass is 10.1. The van der Waals surface area contributed by atoms with E-state index >= 15 is 0 Å². The van der Waals surface area contributed by atoms with Crippen LogP contribution >= 0.6 is 11.8 Å². The van der Waals surface area contributed by atoms with E-state index in [4.69, 9.17) is 4.74 Å². The molecule has 2 aromatic heterocycles. The number of carbonyl (C=O) groups is 1. The van der Waals surface area contributed by atoms with Crippen LogP contribution in [-0.4, -0.2) is 32.7 Å². The van der Waals surface area contributed by atoms with Crippen LogP contribution in [0.4, 0.5) is 0 Å². The average Bonchev–Trinajstić information content (AvgIpc) is 3.02. The molecule has 124 valence electrons. The minimum Gasteiger partial charge on any atom is -0.468 e. The first-order valence-corrected chi connectivity index (χ1v) is 8.74. The number of methoxy groups -OCH3 is 1. The van der Waals surface area contributed by atoms with Gasteiger partial charge in [0.15, 0.2) is 0 Å². The number of rotatable bonds is 6. The molecule has 6 heteroatoms. The number of benzene rings is 1. The third-order valence-corrected chi connectivity index (χ3v) is 4.95. The molecule has 3 aromatic rings. The molecule has 0 N–H and O–H groups in total. The Labute approximate surface area is 145 Å². The van der Waals surface area contributed by atoms with Crippen molar-refractivity contribution in [3.8, 4) is 0 Å². The summed E-state index contributed by atoms with van der Waals surface area (Å²) in [6.45, 7) is 2.05. The fraction of sp³-hybridized carbons (Fsp3) is 0.278. The van der Waals surface area contributed by atoms with Gasteiger partial charge in [-0.2, -0.15) is 0 Å². The number of fused-ring (bicyclic) bond motifs is 1. The van der Waals surface area contributed by atoms with Crippen molar-refractivity contribution in [3.63, 3.8) is 0 Å². The Morgan fingerprint density at radius 1 is 1.33 bits per heavy atom. The molecular weight excluding hydrogens is 322 g/mol. The lowest BCUT2D eigenvalue weighted by Crippen LogP contribution is -2.21. The van der Waals surface area contributed by atoms with Crippen LogP contribution < -0.4 is 0 Å². The molecule has 0 aliphatic heterocycles. The monoisotopic (exact) mass is 341 g/mol. The SMILES string of the molecule is COC(=O)C(Cc1ccc(C)cc1)SCc1cn2cccnc2n1. The molecule has 5 nitrogen and oxygen atoms in total. The topological polar surface area (TPSA) is 56.5 Å². The van der Waals surface area contributed by atoms with Crippen LogP contribution in [0.3, 0.4) is 0 Å². The molecule has 0 amide bonds. The van der Waals surface area contributed by atoms with Gasteiger partial charge in [0.05, 0.1) is 12.8 Å². The molecule has 3 rings (SSSR count). The van der Waals surface area contributed by atoms with Crippen molar-refractivity contribution in [2.24, 2.45) is 0 Å². The Morgan fingerprint density at radius 2 is 2.12 bits per heavy atom. The molecule has 1 atom stereocenters. The second kappa shape index (κ2) is 7.49. The zero-order valence-electron chi connectivity index (χ0n) is 13.7. The standard InChI is InChI=1S/C18H19N3O2S/c1-13-4-6-14(7-5-13)10-16(17(22)23-2)24-12-15-11-21-9-3-8-19-18(21)20-15/h3-9,11,16H,10,12H2,1-2H3. The van der Waals surface area contributed by atoms with Crippen LogP contribution in [0.25, 0.3) is 5.78 Å². The summed E-state index contributed by atoms with van der Waals surface area (Å²) in [5, 5.41) is -0.254. The normalized spacial score (nSPS) is 12.2. The highest BCUT2D eigenvalue weighted by atomic mass is 32.2. The van der Waals surface area contributed by atoms with E-state index in [1.165, 1.54) is 12.7 Å². The van der Waals surface area contributed by atoms with Crippen molar-refractivity contribution in [3.05, 3.63) is 65.7 Å². The van der Waals surface area contributed by atoms with Gasteiger partial charge in [0.25, 0.3) is 0 Å². The van der Waals surface area contributed by atoms with E-state index in [1.54, 1.807) is 18.0 Å². The summed E-state index contributed by atoms with van der Waals surface area (Å²) in [5.74, 6) is 1.10. The Hall–Kier alpha value is -2.34. The highest BCUT2D eigenvalue weighted by Gasteiger charge is 2.21. The highest BCUT2D eigenvalue weighted by molar-refractivity contribution is 7.99. The number of carbonyl (C=O) groups excluding carboxylic acids is 1. The molecule has 24 heavy (non-hydrogen) atoms. The summed E-state index contributed by atoms with van der Waals surface area (Å²) in [5.41, 5.74) is 3.23. The van der Waals surface area contributed by atoms with Gasteiger partial charge in [0, 0.05) is 24.3 Å². The quantitative estimate of drug-likeness (QED) is 0.645. The lowest BCUT2D eigenvalue weighted by molar-refractivity contribution is -0.139. The molecule has 0 fully saturated rings. The second-order valence-electron chi connectivity index (χ2n) is 5.57. The maximum Gasteiger partial charge on any atom is 0.319 e. The van der Waals surface area contributed by atoms with Gasteiger partial charge in [-0.3, -0.25) is 9.20 Å². The summed E-state index contributed by atoms with van der Waals surface area (Å²) in [7, 11) is 1.43. The summed E-state index contributed by atoms with van der Waals surface area (Å²) < 4.78 is 6.84. The number of aromatic nitrogens is 3. The van der Waals surface area contributed by atoms with E-state index in [2.05, 4.69) is 34.2 Å². The largest absolute Gasteiger partial charge is 0.468 e. The van der Waals surface area contributed by atoms with Gasteiger partial charge in [-0.15, -0.1) is 11.8 Å². The molecule has 0 spiro atoms. The van der Waals surface area contributed by atoms with Crippen LogP contribution in [0.2, 0.25) is 0 Å². The predicted octanol–water partition coefficient (Wildman–Crippen LogP) is 3.06. The number of ether oxygens (including phenoxy) is 1. The Kier molecular flexibility index (Phi) is 5.15. The average molecular weight is 341 g/mol. The zero-order valence-corrected chi connectivity index (χ0v) is 14.5. The number of nitrogens with zero attached hydrogens (tertiary/aromatic N) is 3. The van der Waals surface area contributed by atoms with Gasteiger partial charge in [-0.1, -0.05) is 29.8 Å². The molecular formula is C18H19N3O2S. The van der Waals surface area contributed by atoms with Gasteiger partial charge in [-0.05, 0) is 25.0 Å². The molecule has 1 unspecified atom stereocenters. The highest BCUT2D eigenvalue weighted by Crippen LogP contribution is 2.22. The molecule has 0 aliphatic carbocycles. The van der Waals surface area contributed by atoms with Gasteiger partial charge >= 0.3 is 5.97 Å². The first kappa shape index (κ1) is 16.5. The molecule has 0 saturated heterocycles. The smallest absolute Gasteiger partial charge is 0.319 e. The van der Waals surface area contributed by atoms with Crippen molar-refractivity contribution in [1.82, 2.24) is 14.4 Å². The van der Waals surface area contributed by atoms with Gasteiger partial charge in [0.1, 0.15) is 5.25 Å². The van der Waals surface area contributed by atoms with E-state index in [1.807, 2.05) is 29.8 Å². The summed E-state index contributed by atoms with van der Waals surface area (Å²) >= 11 is 1.54. The second-order valence-corrected chi connectivity index (χ2v) is 6.76. The van der Waals surface area contributed by atoms with Crippen LogP contribution in [0.1, 0.15) is 16.8 Å². The van der Waals surface area contributed by atoms with Crippen molar-refractivity contribution in [1.29, 1.82) is 0 Å². The third kappa shape index (κ3) is 3.94. The van der Waals surface area contributed by atoms with Gasteiger partial charge in [0.2, 0.25) is 5.78 Å². The maximum atomic E-state index is 12.1. The first-order chi connectivity index (χ1) is 11.7. The van der Waals surface area contributed by atoms with Crippen LogP contribution in [0.15, 0.2) is 48.9 Å². The van der Waals surface area contributed by atoms with Crippen molar-refractivity contribution < 1.29 is 9.53 Å². The summed E-state index contributed by atoms with van der Waals surface area (Å²) in [6, 6.07) is 10.1. The number of esters is 1. The van der Waals surface area contributed by atoms with Crippen molar-refractivity contribution >= 4 is 23.5 Å². The lowest BCUT2D eigenvalue weighted by Gasteiger charge is -2.14. The fourth-order valence-corrected chi connectivity index (χ4v) is 3.47. The molecule has 0 radical (unpaired) electrons.